The van der Waals surface area contributed by atoms with E-state index in [1.807, 2.05) is 0 Å². The van der Waals surface area contributed by atoms with Gasteiger partial charge < -0.3 is 14.9 Å². The minimum Gasteiger partial charge on any atom is -0.358 e. The molecule has 0 bridgehead atoms. The van der Waals surface area contributed by atoms with Crippen LogP contribution in [0.2, 0.25) is 51.4 Å². The van der Waals surface area contributed by atoms with Crippen LogP contribution in [0.3, 0.4) is 0 Å². The van der Waals surface area contributed by atoms with Gasteiger partial charge in [-0.2, -0.15) is 12.2 Å². The molecule has 3 heteroatoms. The predicted molar refractivity (Wildman–Crippen MR) is 110 cm³/mol. The Morgan fingerprint density at radius 3 is 1.22 bits per heavy atom. The van der Waals surface area contributed by atoms with Gasteiger partial charge in [0.1, 0.15) is 0 Å². The summed E-state index contributed by atoms with van der Waals surface area (Å²) in [6, 6.07) is 2.59. The van der Waals surface area contributed by atoms with Crippen LogP contribution in [0.1, 0.15) is 12.8 Å². The maximum Gasteiger partial charge on any atom is 4.00 e. The zero-order valence-electron chi connectivity index (χ0n) is 16.6. The van der Waals surface area contributed by atoms with Crippen molar-refractivity contribution < 1.29 is 25.8 Å². The third-order valence-electron chi connectivity index (χ3n) is 2.97. The van der Waals surface area contributed by atoms with Crippen molar-refractivity contribution in [2.45, 2.75) is 64.2 Å². The minimum atomic E-state index is -0.873. The summed E-state index contributed by atoms with van der Waals surface area (Å²) < 4.78 is 0. The van der Waals surface area contributed by atoms with Crippen LogP contribution in [0.15, 0.2) is 35.5 Å². The van der Waals surface area contributed by atoms with Gasteiger partial charge >= 0.3 is 25.8 Å². The Morgan fingerprint density at radius 1 is 0.739 bits per heavy atom. The van der Waals surface area contributed by atoms with Gasteiger partial charge in [-0.1, -0.05) is 51.4 Å². The molecule has 0 nitrogen and oxygen atoms in total. The minimum absolute atomic E-state index is 0. The predicted octanol–water partition coefficient (Wildman–Crippen LogP) is 6.93. The van der Waals surface area contributed by atoms with Gasteiger partial charge in [-0.3, -0.25) is 12.2 Å². The van der Waals surface area contributed by atoms with Gasteiger partial charge in [-0.15, -0.1) is 12.8 Å². The molecular formula is C20H36HfSi2. The molecule has 128 valence electrons. The Balaban J connectivity index is -0.000000308. The van der Waals surface area contributed by atoms with Gasteiger partial charge in [0, 0.05) is 16.1 Å². The van der Waals surface area contributed by atoms with Gasteiger partial charge in [0.2, 0.25) is 0 Å². The van der Waals surface area contributed by atoms with Crippen molar-refractivity contribution in [3.8, 4) is 0 Å². The molecule has 2 rings (SSSR count). The van der Waals surface area contributed by atoms with Crippen LogP contribution in [-0.4, -0.2) is 16.1 Å². The van der Waals surface area contributed by atoms with Crippen molar-refractivity contribution in [2.24, 2.45) is 0 Å². The Kier molecular flexibility index (Phi) is 15.4. The van der Waals surface area contributed by atoms with E-state index in [-0.39, 0.29) is 40.7 Å². The number of hydrogen-bond acceptors (Lipinski definition) is 0. The molecule has 0 aromatic heterocycles. The molecule has 0 saturated heterocycles. The van der Waals surface area contributed by atoms with E-state index in [2.05, 4.69) is 75.7 Å². The molecule has 0 spiro atoms. The molecule has 0 fully saturated rings. The van der Waals surface area contributed by atoms with Crippen molar-refractivity contribution in [1.29, 1.82) is 0 Å². The molecule has 0 unspecified atom stereocenters. The van der Waals surface area contributed by atoms with Crippen LogP contribution in [0.5, 0.6) is 0 Å². The molecule has 2 aliphatic carbocycles. The summed E-state index contributed by atoms with van der Waals surface area (Å²) in [5.41, 5.74) is 2.89. The third-order valence-corrected chi connectivity index (χ3v) is 5.86. The van der Waals surface area contributed by atoms with Crippen LogP contribution in [-0.2, 0) is 25.8 Å². The SMILES string of the molecule is C[Si](C)(C)CC1=[C-]CC=C1.C[Si](C)(C)CC1=[C-]CC=C1.[CH3-].[CH3-].[Hf+4]. The molecule has 0 saturated carbocycles. The van der Waals surface area contributed by atoms with Gasteiger partial charge in [-0.25, -0.2) is 23.3 Å². The average Bonchev–Trinajstić information content (AvgIpc) is 2.87. The first-order valence-corrected chi connectivity index (χ1v) is 15.1. The average molecular weight is 511 g/mol. The van der Waals surface area contributed by atoms with Crippen molar-refractivity contribution in [3.05, 3.63) is 62.5 Å². The molecule has 0 radical (unpaired) electrons. The van der Waals surface area contributed by atoms with Crippen LogP contribution in [0, 0.1) is 27.0 Å². The molecule has 0 heterocycles. The first-order valence-electron chi connectivity index (χ1n) is 7.68. The monoisotopic (exact) mass is 512 g/mol. The molecule has 23 heavy (non-hydrogen) atoms. The summed E-state index contributed by atoms with van der Waals surface area (Å²) in [4.78, 5) is 0. The zero-order chi connectivity index (χ0) is 15.2. The zero-order valence-corrected chi connectivity index (χ0v) is 22.2. The smallest absolute Gasteiger partial charge is 0.358 e. The van der Waals surface area contributed by atoms with Gasteiger partial charge in [-0.05, 0) is 0 Å². The summed E-state index contributed by atoms with van der Waals surface area (Å²) >= 11 is 0. The molecule has 0 aromatic carbocycles. The van der Waals surface area contributed by atoms with Crippen LogP contribution < -0.4 is 0 Å². The Bertz CT molecular complexity index is 388. The first kappa shape index (κ1) is 28.1. The second-order valence-electron chi connectivity index (χ2n) is 8.09. The topological polar surface area (TPSA) is 0 Å². The quantitative estimate of drug-likeness (QED) is 0.284. The summed E-state index contributed by atoms with van der Waals surface area (Å²) in [6.07, 6.45) is 17.6. The molecule has 0 aromatic rings. The second kappa shape index (κ2) is 12.6. The van der Waals surface area contributed by atoms with Gasteiger partial charge in [0.05, 0.1) is 0 Å². The summed E-state index contributed by atoms with van der Waals surface area (Å²) in [7, 11) is -1.75. The number of rotatable bonds is 4. The maximum atomic E-state index is 3.35. The van der Waals surface area contributed by atoms with E-state index in [0.29, 0.717) is 0 Å². The van der Waals surface area contributed by atoms with E-state index in [1.54, 1.807) is 0 Å². The van der Waals surface area contributed by atoms with Gasteiger partial charge in [0.15, 0.2) is 0 Å². The molecule has 0 aliphatic heterocycles. The van der Waals surface area contributed by atoms with Crippen molar-refractivity contribution in [1.82, 2.24) is 0 Å². The van der Waals surface area contributed by atoms with Crippen molar-refractivity contribution in [3.63, 3.8) is 0 Å². The largest absolute Gasteiger partial charge is 4.00 e. The summed E-state index contributed by atoms with van der Waals surface area (Å²) in [5.74, 6) is 0. The Hall–Kier alpha value is 0.264. The third kappa shape index (κ3) is 15.5. The molecule has 0 amide bonds. The summed E-state index contributed by atoms with van der Waals surface area (Å²) in [5, 5.41) is 0. The fraction of sp³-hybridized carbons (Fsp3) is 0.500. The van der Waals surface area contributed by atoms with E-state index < -0.39 is 16.1 Å². The van der Waals surface area contributed by atoms with Crippen molar-refractivity contribution >= 4 is 16.1 Å². The first-order chi connectivity index (χ1) is 9.16. The van der Waals surface area contributed by atoms with E-state index in [1.165, 1.54) is 23.2 Å². The van der Waals surface area contributed by atoms with Crippen LogP contribution in [0.4, 0.5) is 0 Å². The van der Waals surface area contributed by atoms with Crippen molar-refractivity contribution in [2.75, 3.05) is 0 Å². The molecular weight excluding hydrogens is 475 g/mol. The Labute approximate surface area is 168 Å². The summed E-state index contributed by atoms with van der Waals surface area (Å²) in [6.45, 7) is 14.4. The molecule has 0 N–H and O–H groups in total. The standard InChI is InChI=1S/2C9H15Si.2CH3.Hf/c2*1-10(2,3)8-9-6-4-5-7-9;;;/h2*4,6H,5,8H2,1-3H3;2*1H3;/q4*-1;+4. The fourth-order valence-electron chi connectivity index (χ4n) is 2.29. The van der Waals surface area contributed by atoms with E-state index >= 15 is 0 Å². The normalized spacial score (nSPS) is 15.4. The number of allylic oxidation sites excluding steroid dienone is 8. The van der Waals surface area contributed by atoms with Crippen LogP contribution >= 0.6 is 0 Å². The molecule has 2 aliphatic rings. The Morgan fingerprint density at radius 2 is 1.04 bits per heavy atom. The van der Waals surface area contributed by atoms with Crippen LogP contribution in [0.25, 0.3) is 0 Å². The van der Waals surface area contributed by atoms with Gasteiger partial charge in [0.25, 0.3) is 0 Å². The van der Waals surface area contributed by atoms with E-state index in [0.717, 1.165) is 12.8 Å². The van der Waals surface area contributed by atoms with E-state index in [9.17, 15) is 0 Å². The second-order valence-corrected chi connectivity index (χ2v) is 19.0. The molecule has 0 atom stereocenters. The fourth-order valence-corrected chi connectivity index (χ4v) is 5.06. The maximum absolute atomic E-state index is 3.35. The van der Waals surface area contributed by atoms with E-state index in [4.69, 9.17) is 0 Å². The number of hydrogen-bond donors (Lipinski definition) is 0.